The first kappa shape index (κ1) is 13.5. The van der Waals surface area contributed by atoms with Gasteiger partial charge in [0.05, 0.1) is 11.5 Å². The van der Waals surface area contributed by atoms with Crippen LogP contribution in [-0.2, 0) is 14.3 Å². The van der Waals surface area contributed by atoms with E-state index in [0.29, 0.717) is 12.3 Å². The normalized spacial score (nSPS) is 11.6. The second kappa shape index (κ2) is 6.23. The summed E-state index contributed by atoms with van der Waals surface area (Å²) >= 11 is 5.48. The van der Waals surface area contributed by atoms with Gasteiger partial charge in [-0.3, -0.25) is 4.18 Å². The highest BCUT2D eigenvalue weighted by molar-refractivity contribution is 7.86. The maximum atomic E-state index is 11.7. The number of unbranched alkanes of at least 4 members (excludes halogenated alkanes) is 1. The Hall–Kier alpha value is -0.580. The third kappa shape index (κ3) is 4.12. The van der Waals surface area contributed by atoms with Crippen LogP contribution in [0.3, 0.4) is 0 Å². The van der Waals surface area contributed by atoms with Gasteiger partial charge >= 0.3 is 0 Å². The minimum atomic E-state index is -3.60. The van der Waals surface area contributed by atoms with Gasteiger partial charge in [0.15, 0.2) is 0 Å². The van der Waals surface area contributed by atoms with Crippen LogP contribution in [0, 0.1) is 6.92 Å². The van der Waals surface area contributed by atoms with Crippen LogP contribution in [0.1, 0.15) is 18.4 Å². The maximum absolute atomic E-state index is 11.7. The molecule has 0 saturated carbocycles. The predicted octanol–water partition coefficient (Wildman–Crippen LogP) is 2.72. The molecule has 0 atom stereocenters. The van der Waals surface area contributed by atoms with E-state index in [4.69, 9.17) is 15.8 Å². The molecule has 1 aromatic carbocycles. The summed E-state index contributed by atoms with van der Waals surface area (Å²) in [6.45, 7) is 2.08. The average Bonchev–Trinajstić information content (AvgIpc) is 2.25. The van der Waals surface area contributed by atoms with E-state index in [1.165, 1.54) is 0 Å². The van der Waals surface area contributed by atoms with Crippen molar-refractivity contribution in [2.75, 3.05) is 12.5 Å². The number of aryl methyl sites for hydroxylation is 1. The van der Waals surface area contributed by atoms with E-state index in [9.17, 15) is 8.42 Å². The Morgan fingerprint density at radius 2 is 1.81 bits per heavy atom. The molecule has 0 aliphatic carbocycles. The van der Waals surface area contributed by atoms with Crippen molar-refractivity contribution in [3.63, 3.8) is 0 Å². The fourth-order valence-corrected chi connectivity index (χ4v) is 2.27. The van der Waals surface area contributed by atoms with E-state index in [-0.39, 0.29) is 11.5 Å². The summed E-state index contributed by atoms with van der Waals surface area (Å²) in [7, 11) is -3.60. The Bertz CT molecular complexity index is 411. The SMILES string of the molecule is Cc1ccc(S(=O)(=O)OCCCCCl)cc1. The first-order valence-electron chi connectivity index (χ1n) is 5.08. The van der Waals surface area contributed by atoms with E-state index in [0.717, 1.165) is 12.0 Å². The smallest absolute Gasteiger partial charge is 0.266 e. The van der Waals surface area contributed by atoms with Gasteiger partial charge in [-0.15, -0.1) is 11.6 Å². The third-order valence-electron chi connectivity index (χ3n) is 2.08. The van der Waals surface area contributed by atoms with Crippen molar-refractivity contribution in [2.24, 2.45) is 0 Å². The molecule has 0 amide bonds. The van der Waals surface area contributed by atoms with E-state index in [1.54, 1.807) is 24.3 Å². The first-order chi connectivity index (χ1) is 7.56. The lowest BCUT2D eigenvalue weighted by atomic mass is 10.2. The monoisotopic (exact) mass is 262 g/mol. The summed E-state index contributed by atoms with van der Waals surface area (Å²) in [5.74, 6) is 0.522. The topological polar surface area (TPSA) is 43.4 Å². The lowest BCUT2D eigenvalue weighted by Crippen LogP contribution is -2.07. The molecule has 0 aromatic heterocycles. The van der Waals surface area contributed by atoms with Gasteiger partial charge in [-0.2, -0.15) is 8.42 Å². The number of alkyl halides is 1. The van der Waals surface area contributed by atoms with Crippen molar-refractivity contribution in [3.8, 4) is 0 Å². The lowest BCUT2D eigenvalue weighted by molar-refractivity contribution is 0.311. The van der Waals surface area contributed by atoms with Crippen LogP contribution in [0.25, 0.3) is 0 Å². The van der Waals surface area contributed by atoms with Gasteiger partial charge in [-0.25, -0.2) is 0 Å². The van der Waals surface area contributed by atoms with Crippen LogP contribution in [0.2, 0.25) is 0 Å². The van der Waals surface area contributed by atoms with Crippen LogP contribution in [0.4, 0.5) is 0 Å². The van der Waals surface area contributed by atoms with Crippen molar-refractivity contribution >= 4 is 21.7 Å². The van der Waals surface area contributed by atoms with Crippen molar-refractivity contribution < 1.29 is 12.6 Å². The van der Waals surface area contributed by atoms with Gasteiger partial charge < -0.3 is 0 Å². The molecule has 0 aliphatic heterocycles. The minimum Gasteiger partial charge on any atom is -0.266 e. The number of halogens is 1. The molecule has 0 unspecified atom stereocenters. The summed E-state index contributed by atoms with van der Waals surface area (Å²) in [6, 6.07) is 6.59. The second-order valence-electron chi connectivity index (χ2n) is 3.49. The van der Waals surface area contributed by atoms with Crippen molar-refractivity contribution in [1.29, 1.82) is 0 Å². The Balaban J connectivity index is 2.60. The summed E-state index contributed by atoms with van der Waals surface area (Å²) in [4.78, 5) is 0.198. The van der Waals surface area contributed by atoms with Gasteiger partial charge in [-0.1, -0.05) is 17.7 Å². The van der Waals surface area contributed by atoms with Crippen LogP contribution < -0.4 is 0 Å². The molecule has 5 heteroatoms. The summed E-state index contributed by atoms with van der Waals surface area (Å²) in [6.07, 6.45) is 1.40. The zero-order chi connectivity index (χ0) is 12.0. The summed E-state index contributed by atoms with van der Waals surface area (Å²) in [5.41, 5.74) is 1.01. The molecule has 0 spiro atoms. The number of benzene rings is 1. The molecule has 0 bridgehead atoms. The summed E-state index contributed by atoms with van der Waals surface area (Å²) < 4.78 is 28.2. The van der Waals surface area contributed by atoms with Crippen molar-refractivity contribution in [2.45, 2.75) is 24.7 Å². The van der Waals surface area contributed by atoms with Crippen LogP contribution in [0.15, 0.2) is 29.2 Å². The Morgan fingerprint density at radius 3 is 2.38 bits per heavy atom. The van der Waals surface area contributed by atoms with E-state index >= 15 is 0 Å². The Kier molecular flexibility index (Phi) is 5.25. The van der Waals surface area contributed by atoms with Gasteiger partial charge in [0.25, 0.3) is 10.1 Å². The zero-order valence-electron chi connectivity index (χ0n) is 9.15. The standard InChI is InChI=1S/C11H15ClO3S/c1-10-4-6-11(7-5-10)16(13,14)15-9-3-2-8-12/h4-7H,2-3,8-9H2,1H3. The maximum Gasteiger partial charge on any atom is 0.296 e. The first-order valence-corrected chi connectivity index (χ1v) is 7.02. The number of hydrogen-bond acceptors (Lipinski definition) is 3. The highest BCUT2D eigenvalue weighted by atomic mass is 35.5. The molecular weight excluding hydrogens is 248 g/mol. The van der Waals surface area contributed by atoms with E-state index in [2.05, 4.69) is 0 Å². The molecule has 0 heterocycles. The van der Waals surface area contributed by atoms with Crippen molar-refractivity contribution in [1.82, 2.24) is 0 Å². The zero-order valence-corrected chi connectivity index (χ0v) is 10.7. The largest absolute Gasteiger partial charge is 0.296 e. The van der Waals surface area contributed by atoms with Gasteiger partial charge in [0.2, 0.25) is 0 Å². The molecule has 0 aliphatic rings. The Morgan fingerprint density at radius 1 is 1.19 bits per heavy atom. The van der Waals surface area contributed by atoms with E-state index < -0.39 is 10.1 Å². The number of rotatable bonds is 6. The summed E-state index contributed by atoms with van der Waals surface area (Å²) in [5, 5.41) is 0. The fourth-order valence-electron chi connectivity index (χ4n) is 1.14. The predicted molar refractivity (Wildman–Crippen MR) is 64.3 cm³/mol. The van der Waals surface area contributed by atoms with Gasteiger partial charge in [-0.05, 0) is 31.9 Å². The molecule has 1 rings (SSSR count). The van der Waals surface area contributed by atoms with Crippen LogP contribution in [0.5, 0.6) is 0 Å². The molecule has 90 valence electrons. The molecule has 16 heavy (non-hydrogen) atoms. The van der Waals surface area contributed by atoms with Crippen molar-refractivity contribution in [3.05, 3.63) is 29.8 Å². The van der Waals surface area contributed by atoms with Gasteiger partial charge in [0.1, 0.15) is 0 Å². The Labute approximate surface area is 102 Å². The molecule has 3 nitrogen and oxygen atoms in total. The average molecular weight is 263 g/mol. The van der Waals surface area contributed by atoms with Crippen LogP contribution in [-0.4, -0.2) is 20.9 Å². The highest BCUT2D eigenvalue weighted by Gasteiger charge is 2.13. The molecule has 0 fully saturated rings. The minimum absolute atomic E-state index is 0.183. The third-order valence-corrected chi connectivity index (χ3v) is 3.67. The van der Waals surface area contributed by atoms with E-state index in [1.807, 2.05) is 6.92 Å². The molecule has 0 N–H and O–H groups in total. The fraction of sp³-hybridized carbons (Fsp3) is 0.455. The molecule has 0 radical (unpaired) electrons. The molecule has 0 saturated heterocycles. The highest BCUT2D eigenvalue weighted by Crippen LogP contribution is 2.13. The second-order valence-corrected chi connectivity index (χ2v) is 5.48. The quantitative estimate of drug-likeness (QED) is 0.450. The molecule has 1 aromatic rings. The van der Waals surface area contributed by atoms with Gasteiger partial charge in [0, 0.05) is 5.88 Å². The van der Waals surface area contributed by atoms with Crippen LogP contribution >= 0.6 is 11.6 Å². The molecular formula is C11H15ClO3S. The number of hydrogen-bond donors (Lipinski definition) is 0. The lowest BCUT2D eigenvalue weighted by Gasteiger charge is -2.05.